The molecule has 0 amide bonds. The monoisotopic (exact) mass is 252 g/mol. The lowest BCUT2D eigenvalue weighted by molar-refractivity contribution is -0.145. The second kappa shape index (κ2) is 5.73. The summed E-state index contributed by atoms with van der Waals surface area (Å²) in [4.78, 5) is 11.2. The zero-order chi connectivity index (χ0) is 13.0. The molecule has 1 aliphatic heterocycles. The number of phenolic OH excluding ortho intramolecular Hbond substituents is 1. The lowest BCUT2D eigenvalue weighted by Gasteiger charge is -2.18. The van der Waals surface area contributed by atoms with Crippen LogP contribution in [0.15, 0.2) is 24.3 Å². The van der Waals surface area contributed by atoms with E-state index in [1.807, 2.05) is 0 Å². The zero-order valence-corrected chi connectivity index (χ0v) is 9.91. The number of carboxylic acids is 1. The van der Waals surface area contributed by atoms with Gasteiger partial charge in [-0.2, -0.15) is 0 Å². The van der Waals surface area contributed by atoms with Crippen molar-refractivity contribution in [1.82, 2.24) is 0 Å². The average molecular weight is 252 g/mol. The minimum atomic E-state index is -0.870. The fourth-order valence-electron chi connectivity index (χ4n) is 2.04. The molecule has 0 radical (unpaired) electrons. The van der Waals surface area contributed by atoms with Gasteiger partial charge in [-0.25, -0.2) is 0 Å². The highest BCUT2D eigenvalue weighted by atomic mass is 16.5. The maximum atomic E-state index is 11.2. The van der Waals surface area contributed by atoms with Crippen LogP contribution in [0, 0.1) is 11.8 Å². The predicted octanol–water partition coefficient (Wildman–Crippen LogP) is 1.51. The van der Waals surface area contributed by atoms with E-state index < -0.39 is 11.9 Å². The maximum absolute atomic E-state index is 11.2. The molecule has 5 heteroatoms. The molecule has 1 aromatic carbocycles. The Kier molecular flexibility index (Phi) is 4.04. The van der Waals surface area contributed by atoms with E-state index in [1.54, 1.807) is 12.1 Å². The van der Waals surface area contributed by atoms with Crippen molar-refractivity contribution in [3.63, 3.8) is 0 Å². The Morgan fingerprint density at radius 2 is 2.39 bits per heavy atom. The summed E-state index contributed by atoms with van der Waals surface area (Å²) in [5.41, 5.74) is 0. The second-order valence-electron chi connectivity index (χ2n) is 4.38. The molecule has 0 spiro atoms. The molecule has 2 rings (SSSR count). The topological polar surface area (TPSA) is 76.0 Å². The third-order valence-corrected chi connectivity index (χ3v) is 3.10. The number of ether oxygens (including phenoxy) is 2. The van der Waals surface area contributed by atoms with Crippen LogP contribution in [-0.4, -0.2) is 36.0 Å². The van der Waals surface area contributed by atoms with Crippen molar-refractivity contribution in [2.45, 2.75) is 6.42 Å². The van der Waals surface area contributed by atoms with Crippen molar-refractivity contribution < 1.29 is 24.5 Å². The van der Waals surface area contributed by atoms with Crippen LogP contribution in [0.4, 0.5) is 0 Å². The van der Waals surface area contributed by atoms with Gasteiger partial charge in [0.2, 0.25) is 0 Å². The maximum Gasteiger partial charge on any atom is 0.310 e. The first-order valence-corrected chi connectivity index (χ1v) is 5.89. The van der Waals surface area contributed by atoms with Crippen molar-refractivity contribution in [1.29, 1.82) is 0 Å². The number of benzene rings is 1. The largest absolute Gasteiger partial charge is 0.508 e. The average Bonchev–Trinajstić information content (AvgIpc) is 2.82. The minimum absolute atomic E-state index is 0.000177. The van der Waals surface area contributed by atoms with Crippen LogP contribution in [0.1, 0.15) is 6.42 Å². The van der Waals surface area contributed by atoms with Crippen LogP contribution in [0.3, 0.4) is 0 Å². The van der Waals surface area contributed by atoms with Crippen LogP contribution >= 0.6 is 0 Å². The van der Waals surface area contributed by atoms with Crippen molar-refractivity contribution >= 4 is 5.97 Å². The molecule has 98 valence electrons. The molecule has 1 aromatic rings. The minimum Gasteiger partial charge on any atom is -0.508 e. The van der Waals surface area contributed by atoms with E-state index in [0.29, 0.717) is 19.0 Å². The molecule has 2 atom stereocenters. The highest BCUT2D eigenvalue weighted by molar-refractivity contribution is 5.70. The first kappa shape index (κ1) is 12.7. The fraction of sp³-hybridized carbons (Fsp3) is 0.462. The van der Waals surface area contributed by atoms with E-state index in [-0.39, 0.29) is 18.3 Å². The van der Waals surface area contributed by atoms with Crippen LogP contribution in [-0.2, 0) is 9.53 Å². The van der Waals surface area contributed by atoms with Gasteiger partial charge in [-0.1, -0.05) is 6.07 Å². The van der Waals surface area contributed by atoms with Gasteiger partial charge in [-0.3, -0.25) is 4.79 Å². The Labute approximate surface area is 105 Å². The van der Waals surface area contributed by atoms with E-state index in [9.17, 15) is 15.0 Å². The van der Waals surface area contributed by atoms with Crippen LogP contribution < -0.4 is 4.74 Å². The van der Waals surface area contributed by atoms with Gasteiger partial charge in [-0.05, 0) is 18.6 Å². The number of aliphatic carboxylic acids is 1. The van der Waals surface area contributed by atoms with Gasteiger partial charge >= 0.3 is 5.97 Å². The number of phenols is 1. The van der Waals surface area contributed by atoms with E-state index in [1.165, 1.54) is 12.1 Å². The summed E-state index contributed by atoms with van der Waals surface area (Å²) in [5.74, 6) is -0.871. The van der Waals surface area contributed by atoms with Crippen LogP contribution in [0.5, 0.6) is 11.5 Å². The number of carbonyl (C=O) groups is 1. The lowest BCUT2D eigenvalue weighted by Crippen LogP contribution is -2.29. The molecular formula is C13H16O5. The first-order valence-electron chi connectivity index (χ1n) is 5.89. The van der Waals surface area contributed by atoms with Crippen molar-refractivity contribution in [3.05, 3.63) is 24.3 Å². The number of hydrogen-bond donors (Lipinski definition) is 2. The highest BCUT2D eigenvalue weighted by Gasteiger charge is 2.31. The summed E-state index contributed by atoms with van der Waals surface area (Å²) < 4.78 is 10.6. The van der Waals surface area contributed by atoms with E-state index >= 15 is 0 Å². The molecule has 1 fully saturated rings. The number of carboxylic acid groups (broad SMARTS) is 1. The standard InChI is InChI=1S/C13H16O5/c14-10-2-1-3-11(6-10)18-8-12(13(15)16)9-4-5-17-7-9/h1-3,6,9,12,14H,4-5,7-8H2,(H,15,16). The molecule has 1 saturated heterocycles. The van der Waals surface area contributed by atoms with E-state index in [2.05, 4.69) is 0 Å². The molecule has 2 N–H and O–H groups in total. The van der Waals surface area contributed by atoms with Crippen LogP contribution in [0.2, 0.25) is 0 Å². The smallest absolute Gasteiger partial charge is 0.310 e. The summed E-state index contributed by atoms with van der Waals surface area (Å²) in [5, 5.41) is 18.5. The summed E-state index contributed by atoms with van der Waals surface area (Å²) in [7, 11) is 0. The molecule has 0 aliphatic carbocycles. The molecule has 18 heavy (non-hydrogen) atoms. The quantitative estimate of drug-likeness (QED) is 0.830. The number of hydrogen-bond acceptors (Lipinski definition) is 4. The van der Waals surface area contributed by atoms with Gasteiger partial charge in [0, 0.05) is 18.6 Å². The molecule has 0 saturated carbocycles. The Morgan fingerprint density at radius 1 is 1.56 bits per heavy atom. The Hall–Kier alpha value is -1.75. The SMILES string of the molecule is O=C(O)C(COc1cccc(O)c1)C1CCOC1. The lowest BCUT2D eigenvalue weighted by atomic mass is 9.92. The second-order valence-corrected chi connectivity index (χ2v) is 4.38. The molecule has 1 aliphatic rings. The Bertz CT molecular complexity index is 412. The molecule has 5 nitrogen and oxygen atoms in total. The number of rotatable bonds is 5. The Morgan fingerprint density at radius 3 is 3.00 bits per heavy atom. The van der Waals surface area contributed by atoms with Gasteiger partial charge in [0.25, 0.3) is 0 Å². The summed E-state index contributed by atoms with van der Waals surface area (Å²) in [6.07, 6.45) is 0.750. The molecule has 0 bridgehead atoms. The number of aromatic hydroxyl groups is 1. The Balaban J connectivity index is 1.95. The van der Waals surface area contributed by atoms with Crippen molar-refractivity contribution in [2.24, 2.45) is 11.8 Å². The van der Waals surface area contributed by atoms with Gasteiger partial charge in [0.1, 0.15) is 18.1 Å². The molecule has 2 unspecified atom stereocenters. The molecule has 0 aromatic heterocycles. The highest BCUT2D eigenvalue weighted by Crippen LogP contribution is 2.24. The predicted molar refractivity (Wildman–Crippen MR) is 63.7 cm³/mol. The normalized spacial score (nSPS) is 20.6. The van der Waals surface area contributed by atoms with Crippen molar-refractivity contribution in [3.8, 4) is 11.5 Å². The van der Waals surface area contributed by atoms with Gasteiger partial charge < -0.3 is 19.7 Å². The third kappa shape index (κ3) is 3.13. The van der Waals surface area contributed by atoms with E-state index in [4.69, 9.17) is 9.47 Å². The molecular weight excluding hydrogens is 236 g/mol. The van der Waals surface area contributed by atoms with Gasteiger partial charge in [0.15, 0.2) is 0 Å². The van der Waals surface area contributed by atoms with Crippen molar-refractivity contribution in [2.75, 3.05) is 19.8 Å². The molecule has 1 heterocycles. The fourth-order valence-corrected chi connectivity index (χ4v) is 2.04. The third-order valence-electron chi connectivity index (χ3n) is 3.10. The first-order chi connectivity index (χ1) is 8.66. The van der Waals surface area contributed by atoms with Gasteiger partial charge in [-0.15, -0.1) is 0 Å². The summed E-state index contributed by atoms with van der Waals surface area (Å²) in [6.45, 7) is 1.17. The van der Waals surface area contributed by atoms with Gasteiger partial charge in [0.05, 0.1) is 12.5 Å². The summed E-state index contributed by atoms with van der Waals surface area (Å²) >= 11 is 0. The van der Waals surface area contributed by atoms with Crippen LogP contribution in [0.25, 0.3) is 0 Å². The van der Waals surface area contributed by atoms with E-state index in [0.717, 1.165) is 6.42 Å². The summed E-state index contributed by atoms with van der Waals surface area (Å²) in [6, 6.07) is 6.33. The zero-order valence-electron chi connectivity index (χ0n) is 9.91.